The van der Waals surface area contributed by atoms with Crippen LogP contribution in [0.15, 0.2) is 60.8 Å². The van der Waals surface area contributed by atoms with Crippen molar-refractivity contribution in [3.8, 4) is 11.4 Å². The lowest BCUT2D eigenvalue weighted by molar-refractivity contribution is 0.0933. The average molecular weight is 350 g/mol. The van der Waals surface area contributed by atoms with E-state index < -0.39 is 0 Å². The van der Waals surface area contributed by atoms with Crippen molar-refractivity contribution in [3.05, 3.63) is 72.1 Å². The molecule has 1 unspecified atom stereocenters. The Morgan fingerprint density at radius 3 is 2.58 bits per heavy atom. The standard InChI is InChI=1S/C20H22N4O2/c1-15(8-9-16-6-4-3-5-7-16)21-20(25)19-14-24(23-22-19)17-10-12-18(26-2)13-11-17/h3-7,10-15H,8-9H2,1-2H3,(H,21,25). The predicted octanol–water partition coefficient (Wildman–Crippen LogP) is 3.03. The molecule has 3 aromatic rings. The highest BCUT2D eigenvalue weighted by Gasteiger charge is 2.14. The molecule has 3 rings (SSSR count). The van der Waals surface area contributed by atoms with Gasteiger partial charge in [-0.3, -0.25) is 4.79 Å². The highest BCUT2D eigenvalue weighted by molar-refractivity contribution is 5.92. The minimum absolute atomic E-state index is 0.0499. The first-order valence-electron chi connectivity index (χ1n) is 8.57. The summed E-state index contributed by atoms with van der Waals surface area (Å²) in [6, 6.07) is 17.7. The number of ether oxygens (including phenoxy) is 1. The molecule has 0 aliphatic heterocycles. The van der Waals surface area contributed by atoms with Crippen molar-refractivity contribution in [2.45, 2.75) is 25.8 Å². The number of amides is 1. The van der Waals surface area contributed by atoms with Crippen LogP contribution in [-0.2, 0) is 6.42 Å². The molecule has 6 heteroatoms. The van der Waals surface area contributed by atoms with Gasteiger partial charge in [-0.05, 0) is 49.6 Å². The summed E-state index contributed by atoms with van der Waals surface area (Å²) in [6.45, 7) is 1.99. The second-order valence-corrected chi connectivity index (χ2v) is 6.15. The van der Waals surface area contributed by atoms with E-state index in [0.717, 1.165) is 24.3 Å². The first kappa shape index (κ1) is 17.7. The zero-order chi connectivity index (χ0) is 18.4. The molecule has 2 aromatic carbocycles. The molecule has 0 aliphatic rings. The molecule has 1 N–H and O–H groups in total. The molecule has 0 saturated heterocycles. The van der Waals surface area contributed by atoms with Gasteiger partial charge < -0.3 is 10.1 Å². The summed E-state index contributed by atoms with van der Waals surface area (Å²) >= 11 is 0. The Labute approximate surface area is 152 Å². The Balaban J connectivity index is 1.57. The molecule has 26 heavy (non-hydrogen) atoms. The van der Waals surface area contributed by atoms with Gasteiger partial charge in [0.25, 0.3) is 5.91 Å². The van der Waals surface area contributed by atoms with Gasteiger partial charge in [-0.25, -0.2) is 4.68 Å². The number of nitrogens with one attached hydrogen (secondary N) is 1. The van der Waals surface area contributed by atoms with Crippen molar-refractivity contribution in [2.75, 3.05) is 7.11 Å². The van der Waals surface area contributed by atoms with E-state index in [2.05, 4.69) is 27.8 Å². The monoisotopic (exact) mass is 350 g/mol. The van der Waals surface area contributed by atoms with Crippen LogP contribution in [0.5, 0.6) is 5.75 Å². The zero-order valence-electron chi connectivity index (χ0n) is 14.9. The van der Waals surface area contributed by atoms with E-state index in [9.17, 15) is 4.79 Å². The maximum Gasteiger partial charge on any atom is 0.273 e. The summed E-state index contributed by atoms with van der Waals surface area (Å²) < 4.78 is 6.71. The van der Waals surface area contributed by atoms with Crippen LogP contribution in [0.3, 0.4) is 0 Å². The van der Waals surface area contributed by atoms with Gasteiger partial charge in [-0.1, -0.05) is 35.5 Å². The molecular formula is C20H22N4O2. The highest BCUT2D eigenvalue weighted by atomic mass is 16.5. The number of hydrogen-bond acceptors (Lipinski definition) is 4. The fraction of sp³-hybridized carbons (Fsp3) is 0.250. The molecule has 0 saturated carbocycles. The minimum atomic E-state index is -0.217. The van der Waals surface area contributed by atoms with E-state index in [4.69, 9.17) is 4.74 Å². The Morgan fingerprint density at radius 2 is 1.88 bits per heavy atom. The number of rotatable bonds is 7. The lowest BCUT2D eigenvalue weighted by atomic mass is 10.1. The summed E-state index contributed by atoms with van der Waals surface area (Å²) in [5.74, 6) is 0.546. The number of carbonyl (C=O) groups excluding carboxylic acids is 1. The SMILES string of the molecule is COc1ccc(-n2cc(C(=O)NC(C)CCc3ccccc3)nn2)cc1. The lowest BCUT2D eigenvalue weighted by Gasteiger charge is -2.12. The highest BCUT2D eigenvalue weighted by Crippen LogP contribution is 2.14. The minimum Gasteiger partial charge on any atom is -0.497 e. The normalized spacial score (nSPS) is 11.8. The number of aromatic nitrogens is 3. The van der Waals surface area contributed by atoms with Gasteiger partial charge in [0.15, 0.2) is 5.69 Å². The first-order chi connectivity index (χ1) is 12.7. The number of methoxy groups -OCH3 is 1. The molecule has 134 valence electrons. The molecule has 0 fully saturated rings. The Morgan fingerprint density at radius 1 is 1.15 bits per heavy atom. The number of benzene rings is 2. The summed E-state index contributed by atoms with van der Waals surface area (Å²) in [5, 5.41) is 11.0. The zero-order valence-corrected chi connectivity index (χ0v) is 14.9. The second-order valence-electron chi connectivity index (χ2n) is 6.15. The third-order valence-corrected chi connectivity index (χ3v) is 4.15. The molecule has 1 atom stereocenters. The summed E-state index contributed by atoms with van der Waals surface area (Å²) in [4.78, 5) is 12.4. The van der Waals surface area contributed by atoms with Gasteiger partial charge in [-0.15, -0.1) is 5.10 Å². The largest absolute Gasteiger partial charge is 0.497 e. The van der Waals surface area contributed by atoms with Crippen LogP contribution in [0.4, 0.5) is 0 Å². The van der Waals surface area contributed by atoms with Crippen LogP contribution >= 0.6 is 0 Å². The molecule has 1 aromatic heterocycles. The first-order valence-corrected chi connectivity index (χ1v) is 8.57. The van der Waals surface area contributed by atoms with Gasteiger partial charge in [0.1, 0.15) is 5.75 Å². The summed E-state index contributed by atoms with van der Waals surface area (Å²) in [6.07, 6.45) is 3.41. The number of aryl methyl sites for hydroxylation is 1. The van der Waals surface area contributed by atoms with Crippen molar-refractivity contribution >= 4 is 5.91 Å². The Bertz CT molecular complexity index is 844. The quantitative estimate of drug-likeness (QED) is 0.711. The van der Waals surface area contributed by atoms with Crippen LogP contribution in [0, 0.1) is 0 Å². The smallest absolute Gasteiger partial charge is 0.273 e. The Hall–Kier alpha value is -3.15. The molecule has 0 aliphatic carbocycles. The van der Waals surface area contributed by atoms with Gasteiger partial charge >= 0.3 is 0 Å². The molecule has 1 heterocycles. The fourth-order valence-electron chi connectivity index (χ4n) is 2.63. The van der Waals surface area contributed by atoms with Crippen LogP contribution in [0.25, 0.3) is 5.69 Å². The number of carbonyl (C=O) groups is 1. The van der Waals surface area contributed by atoms with Crippen molar-refractivity contribution in [3.63, 3.8) is 0 Å². The average Bonchev–Trinajstić information content (AvgIpc) is 3.18. The third-order valence-electron chi connectivity index (χ3n) is 4.15. The molecule has 0 spiro atoms. The molecule has 0 radical (unpaired) electrons. The third kappa shape index (κ3) is 4.47. The molecular weight excluding hydrogens is 328 g/mol. The molecule has 1 amide bonds. The fourth-order valence-corrected chi connectivity index (χ4v) is 2.63. The molecule has 6 nitrogen and oxygen atoms in total. The van der Waals surface area contributed by atoms with E-state index in [-0.39, 0.29) is 11.9 Å². The van der Waals surface area contributed by atoms with E-state index >= 15 is 0 Å². The molecule has 0 bridgehead atoms. The number of hydrogen-bond donors (Lipinski definition) is 1. The maximum absolute atomic E-state index is 12.4. The van der Waals surface area contributed by atoms with E-state index in [0.29, 0.717) is 5.69 Å². The van der Waals surface area contributed by atoms with Crippen LogP contribution in [-0.4, -0.2) is 34.1 Å². The summed E-state index contributed by atoms with van der Waals surface area (Å²) in [5.41, 5.74) is 2.38. The van der Waals surface area contributed by atoms with Crippen molar-refractivity contribution in [1.82, 2.24) is 20.3 Å². The second kappa shape index (κ2) is 8.29. The number of nitrogens with zero attached hydrogens (tertiary/aromatic N) is 3. The van der Waals surface area contributed by atoms with Gasteiger partial charge in [0, 0.05) is 6.04 Å². The van der Waals surface area contributed by atoms with Crippen LogP contribution in [0.2, 0.25) is 0 Å². The van der Waals surface area contributed by atoms with Gasteiger partial charge in [0.2, 0.25) is 0 Å². The van der Waals surface area contributed by atoms with Crippen molar-refractivity contribution < 1.29 is 9.53 Å². The van der Waals surface area contributed by atoms with Crippen LogP contribution in [0.1, 0.15) is 29.4 Å². The van der Waals surface area contributed by atoms with Crippen LogP contribution < -0.4 is 10.1 Å². The Kier molecular flexibility index (Phi) is 5.63. The lowest BCUT2D eigenvalue weighted by Crippen LogP contribution is -2.33. The topological polar surface area (TPSA) is 69.0 Å². The van der Waals surface area contributed by atoms with Gasteiger partial charge in [0.05, 0.1) is 19.0 Å². The predicted molar refractivity (Wildman–Crippen MR) is 99.6 cm³/mol. The van der Waals surface area contributed by atoms with Crippen molar-refractivity contribution in [1.29, 1.82) is 0 Å². The summed E-state index contributed by atoms with van der Waals surface area (Å²) in [7, 11) is 1.62. The van der Waals surface area contributed by atoms with Crippen molar-refractivity contribution in [2.24, 2.45) is 0 Å². The maximum atomic E-state index is 12.4. The van der Waals surface area contributed by atoms with Gasteiger partial charge in [-0.2, -0.15) is 0 Å². The van der Waals surface area contributed by atoms with E-state index in [1.165, 1.54) is 5.56 Å². The van der Waals surface area contributed by atoms with E-state index in [1.54, 1.807) is 18.0 Å². The van der Waals surface area contributed by atoms with E-state index in [1.807, 2.05) is 49.4 Å².